The first-order valence-corrected chi connectivity index (χ1v) is 6.55. The third-order valence-electron chi connectivity index (χ3n) is 3.29. The molecule has 1 fully saturated rings. The number of nitrogens with zero attached hydrogens (tertiary/aromatic N) is 1. The molecule has 1 aromatic rings. The van der Waals surface area contributed by atoms with E-state index in [1.54, 1.807) is 17.0 Å². The molecule has 2 rings (SSSR count). The molecule has 98 valence electrons. The van der Waals surface area contributed by atoms with Crippen molar-refractivity contribution < 1.29 is 4.79 Å². The van der Waals surface area contributed by atoms with Crippen LogP contribution in [0.15, 0.2) is 24.3 Å². The molecular formula is C13H18ClN3O. The minimum atomic E-state index is -0.102. The van der Waals surface area contributed by atoms with Crippen LogP contribution in [0.1, 0.15) is 12.8 Å². The first kappa shape index (κ1) is 13.2. The maximum atomic E-state index is 12.1. The zero-order chi connectivity index (χ0) is 13.0. The average molecular weight is 268 g/mol. The molecule has 1 saturated heterocycles. The lowest BCUT2D eigenvalue weighted by atomic mass is 10.1. The number of rotatable bonds is 2. The summed E-state index contributed by atoms with van der Waals surface area (Å²) in [7, 11) is 1.84. The number of carbonyl (C=O) groups excluding carboxylic acids is 1. The Kier molecular flexibility index (Phi) is 4.44. The molecule has 0 unspecified atom stereocenters. The summed E-state index contributed by atoms with van der Waals surface area (Å²) in [4.78, 5) is 13.9. The summed E-state index contributed by atoms with van der Waals surface area (Å²) in [5.74, 6) is 0. The summed E-state index contributed by atoms with van der Waals surface area (Å²) >= 11 is 6.02. The van der Waals surface area contributed by atoms with Crippen molar-refractivity contribution in [2.24, 2.45) is 0 Å². The SMILES string of the molecule is CN(C(=O)Nc1ccccc1Cl)C1CCNCC1. The molecule has 4 nitrogen and oxygen atoms in total. The van der Waals surface area contributed by atoms with Gasteiger partial charge in [-0.2, -0.15) is 0 Å². The van der Waals surface area contributed by atoms with Crippen LogP contribution in [0.5, 0.6) is 0 Å². The molecule has 1 aliphatic heterocycles. The van der Waals surface area contributed by atoms with Crippen molar-refractivity contribution in [3.05, 3.63) is 29.3 Å². The molecule has 0 aliphatic carbocycles. The van der Waals surface area contributed by atoms with Gasteiger partial charge in [0.2, 0.25) is 0 Å². The minimum absolute atomic E-state index is 0.102. The molecular weight excluding hydrogens is 250 g/mol. The maximum absolute atomic E-state index is 12.1. The average Bonchev–Trinajstić information content (AvgIpc) is 2.41. The van der Waals surface area contributed by atoms with E-state index in [4.69, 9.17) is 11.6 Å². The van der Waals surface area contributed by atoms with Crippen LogP contribution in [0.2, 0.25) is 5.02 Å². The number of nitrogens with one attached hydrogen (secondary N) is 2. The summed E-state index contributed by atoms with van der Waals surface area (Å²) in [6, 6.07) is 7.46. The Morgan fingerprint density at radius 3 is 2.72 bits per heavy atom. The molecule has 0 radical (unpaired) electrons. The number of anilines is 1. The summed E-state index contributed by atoms with van der Waals surface area (Å²) in [5, 5.41) is 6.69. The van der Waals surface area contributed by atoms with Gasteiger partial charge in [0.15, 0.2) is 0 Å². The van der Waals surface area contributed by atoms with Crippen molar-refractivity contribution in [3.8, 4) is 0 Å². The van der Waals surface area contributed by atoms with Crippen molar-refractivity contribution in [2.45, 2.75) is 18.9 Å². The molecule has 1 heterocycles. The van der Waals surface area contributed by atoms with Gasteiger partial charge in [0.25, 0.3) is 0 Å². The standard InChI is InChI=1S/C13H18ClN3O/c1-17(10-6-8-15-9-7-10)13(18)16-12-5-3-2-4-11(12)14/h2-5,10,15H,6-9H2,1H3,(H,16,18). The topological polar surface area (TPSA) is 44.4 Å². The van der Waals surface area contributed by atoms with Gasteiger partial charge in [-0.3, -0.25) is 0 Å². The monoisotopic (exact) mass is 267 g/mol. The summed E-state index contributed by atoms with van der Waals surface area (Å²) < 4.78 is 0. The van der Waals surface area contributed by atoms with Crippen LogP contribution in [0.3, 0.4) is 0 Å². The lowest BCUT2D eigenvalue weighted by molar-refractivity contribution is 0.189. The zero-order valence-corrected chi connectivity index (χ0v) is 11.2. The van der Waals surface area contributed by atoms with E-state index in [2.05, 4.69) is 10.6 Å². The highest BCUT2D eigenvalue weighted by molar-refractivity contribution is 6.33. The van der Waals surface area contributed by atoms with E-state index in [9.17, 15) is 4.79 Å². The number of piperidine rings is 1. The van der Waals surface area contributed by atoms with Gasteiger partial charge in [0.1, 0.15) is 0 Å². The van der Waals surface area contributed by atoms with Gasteiger partial charge in [-0.1, -0.05) is 23.7 Å². The smallest absolute Gasteiger partial charge is 0.321 e. The highest BCUT2D eigenvalue weighted by Crippen LogP contribution is 2.21. The normalized spacial score (nSPS) is 16.3. The quantitative estimate of drug-likeness (QED) is 0.865. The second-order valence-electron chi connectivity index (χ2n) is 4.50. The fraction of sp³-hybridized carbons (Fsp3) is 0.462. The predicted molar refractivity (Wildman–Crippen MR) is 74.1 cm³/mol. The van der Waals surface area contributed by atoms with E-state index in [0.717, 1.165) is 25.9 Å². The van der Waals surface area contributed by atoms with E-state index < -0.39 is 0 Å². The van der Waals surface area contributed by atoms with Gasteiger partial charge in [0.05, 0.1) is 10.7 Å². The van der Waals surface area contributed by atoms with E-state index in [1.807, 2.05) is 19.2 Å². The van der Waals surface area contributed by atoms with Crippen molar-refractivity contribution in [1.82, 2.24) is 10.2 Å². The molecule has 1 aliphatic rings. The van der Waals surface area contributed by atoms with Crippen molar-refractivity contribution >= 4 is 23.3 Å². The van der Waals surface area contributed by atoms with Crippen LogP contribution < -0.4 is 10.6 Å². The van der Waals surface area contributed by atoms with Gasteiger partial charge in [0, 0.05) is 13.1 Å². The number of para-hydroxylation sites is 1. The van der Waals surface area contributed by atoms with Gasteiger partial charge in [-0.05, 0) is 38.1 Å². The minimum Gasteiger partial charge on any atom is -0.325 e. The van der Waals surface area contributed by atoms with Crippen molar-refractivity contribution in [3.63, 3.8) is 0 Å². The molecule has 0 atom stereocenters. The van der Waals surface area contributed by atoms with Crippen LogP contribution in [0.25, 0.3) is 0 Å². The Bertz CT molecular complexity index is 418. The maximum Gasteiger partial charge on any atom is 0.321 e. The second-order valence-corrected chi connectivity index (χ2v) is 4.91. The number of carbonyl (C=O) groups is 1. The number of halogens is 1. The molecule has 0 aromatic heterocycles. The second kappa shape index (κ2) is 6.07. The Hall–Kier alpha value is -1.26. The van der Waals surface area contributed by atoms with Crippen LogP contribution in [0, 0.1) is 0 Å². The van der Waals surface area contributed by atoms with Gasteiger partial charge < -0.3 is 15.5 Å². The summed E-state index contributed by atoms with van der Waals surface area (Å²) in [5.41, 5.74) is 0.657. The molecule has 0 saturated carbocycles. The van der Waals surface area contributed by atoms with Crippen LogP contribution in [-0.2, 0) is 0 Å². The molecule has 2 N–H and O–H groups in total. The summed E-state index contributed by atoms with van der Waals surface area (Å²) in [6.07, 6.45) is 1.99. The fourth-order valence-corrected chi connectivity index (χ4v) is 2.31. The molecule has 18 heavy (non-hydrogen) atoms. The number of urea groups is 1. The largest absolute Gasteiger partial charge is 0.325 e. The lowest BCUT2D eigenvalue weighted by Gasteiger charge is -2.31. The number of hydrogen-bond donors (Lipinski definition) is 2. The van der Waals surface area contributed by atoms with Crippen molar-refractivity contribution in [1.29, 1.82) is 0 Å². The van der Waals surface area contributed by atoms with Gasteiger partial charge in [-0.25, -0.2) is 4.79 Å². The highest BCUT2D eigenvalue weighted by Gasteiger charge is 2.22. The van der Waals surface area contributed by atoms with Crippen LogP contribution in [0.4, 0.5) is 10.5 Å². The summed E-state index contributed by atoms with van der Waals surface area (Å²) in [6.45, 7) is 1.93. The molecule has 1 aromatic carbocycles. The predicted octanol–water partition coefficient (Wildman–Crippen LogP) is 2.56. The number of benzene rings is 1. The number of amides is 2. The van der Waals surface area contributed by atoms with E-state index >= 15 is 0 Å². The Morgan fingerprint density at radius 2 is 2.06 bits per heavy atom. The highest BCUT2D eigenvalue weighted by atomic mass is 35.5. The van der Waals surface area contributed by atoms with Crippen LogP contribution in [-0.4, -0.2) is 37.1 Å². The van der Waals surface area contributed by atoms with Crippen molar-refractivity contribution in [2.75, 3.05) is 25.5 Å². The lowest BCUT2D eigenvalue weighted by Crippen LogP contribution is -2.45. The van der Waals surface area contributed by atoms with Gasteiger partial charge >= 0.3 is 6.03 Å². The first-order chi connectivity index (χ1) is 8.68. The number of hydrogen-bond acceptors (Lipinski definition) is 2. The fourth-order valence-electron chi connectivity index (χ4n) is 2.13. The van der Waals surface area contributed by atoms with Gasteiger partial charge in [-0.15, -0.1) is 0 Å². The molecule has 5 heteroatoms. The Balaban J connectivity index is 1.97. The molecule has 0 bridgehead atoms. The Labute approximate surface area is 112 Å². The first-order valence-electron chi connectivity index (χ1n) is 6.17. The van der Waals surface area contributed by atoms with E-state index in [-0.39, 0.29) is 6.03 Å². The van der Waals surface area contributed by atoms with E-state index in [0.29, 0.717) is 16.8 Å². The third kappa shape index (κ3) is 3.15. The third-order valence-corrected chi connectivity index (χ3v) is 3.62. The molecule has 2 amide bonds. The zero-order valence-electron chi connectivity index (χ0n) is 10.4. The van der Waals surface area contributed by atoms with E-state index in [1.165, 1.54) is 0 Å². The Morgan fingerprint density at radius 1 is 1.39 bits per heavy atom. The van der Waals surface area contributed by atoms with Crippen LogP contribution >= 0.6 is 11.6 Å². The molecule has 0 spiro atoms.